The summed E-state index contributed by atoms with van der Waals surface area (Å²) in [4.78, 5) is 37.3. The van der Waals surface area contributed by atoms with Gasteiger partial charge in [0.25, 0.3) is 5.56 Å². The Hall–Kier alpha value is -3.73. The average molecular weight is 469 g/mol. The Morgan fingerprint density at radius 1 is 1.09 bits per heavy atom. The summed E-state index contributed by atoms with van der Waals surface area (Å²) in [6, 6.07) is 12.0. The third-order valence-corrected chi connectivity index (χ3v) is 5.85. The van der Waals surface area contributed by atoms with Crippen LogP contribution in [-0.4, -0.2) is 36.9 Å². The molecule has 0 aliphatic carbocycles. The van der Waals surface area contributed by atoms with E-state index in [0.717, 1.165) is 24.6 Å². The van der Waals surface area contributed by atoms with E-state index in [-0.39, 0.29) is 17.0 Å². The Morgan fingerprint density at radius 2 is 1.85 bits per heavy atom. The minimum absolute atomic E-state index is 0.0320. The second-order valence-electron chi connectivity index (χ2n) is 7.22. The van der Waals surface area contributed by atoms with E-state index in [2.05, 4.69) is 20.8 Å². The fourth-order valence-corrected chi connectivity index (χ4v) is 4.09. The maximum atomic E-state index is 13.7. The molecular weight excluding hydrogens is 447 g/mol. The van der Waals surface area contributed by atoms with Gasteiger partial charge in [-0.05, 0) is 30.7 Å². The highest BCUT2D eigenvalue weighted by atomic mass is 32.2. The highest BCUT2D eigenvalue weighted by molar-refractivity contribution is 7.99. The smallest absolute Gasteiger partial charge is 0.305 e. The van der Waals surface area contributed by atoms with E-state index < -0.39 is 17.8 Å². The van der Waals surface area contributed by atoms with Gasteiger partial charge in [0.2, 0.25) is 11.7 Å². The molecule has 170 valence electrons. The zero-order valence-electron chi connectivity index (χ0n) is 17.7. The molecule has 0 unspecified atom stereocenters. The molecule has 0 bridgehead atoms. The molecule has 0 saturated heterocycles. The molecule has 2 aromatic heterocycles. The molecule has 3 amide bonds. The van der Waals surface area contributed by atoms with Crippen LogP contribution in [0.3, 0.4) is 0 Å². The van der Waals surface area contributed by atoms with Crippen LogP contribution in [0.1, 0.15) is 19.8 Å². The maximum Gasteiger partial charge on any atom is 0.325 e. The van der Waals surface area contributed by atoms with Crippen LogP contribution < -0.4 is 16.2 Å². The van der Waals surface area contributed by atoms with Gasteiger partial charge in [-0.15, -0.1) is 10.2 Å². The first-order valence-electron chi connectivity index (χ1n) is 10.3. The number of imide groups is 1. The van der Waals surface area contributed by atoms with Crippen LogP contribution in [0.25, 0.3) is 16.7 Å². The van der Waals surface area contributed by atoms with Crippen molar-refractivity contribution in [1.82, 2.24) is 24.5 Å². The number of benzene rings is 2. The number of anilines is 1. The van der Waals surface area contributed by atoms with Gasteiger partial charge in [-0.25, -0.2) is 9.18 Å². The van der Waals surface area contributed by atoms with Crippen molar-refractivity contribution >= 4 is 46.1 Å². The summed E-state index contributed by atoms with van der Waals surface area (Å²) in [7, 11) is 0. The van der Waals surface area contributed by atoms with E-state index in [1.54, 1.807) is 33.2 Å². The second kappa shape index (κ2) is 9.82. The highest BCUT2D eigenvalue weighted by Gasteiger charge is 2.18. The summed E-state index contributed by atoms with van der Waals surface area (Å²) in [5.41, 5.74) is 0.462. The van der Waals surface area contributed by atoms with E-state index in [1.807, 2.05) is 13.0 Å². The highest BCUT2D eigenvalue weighted by Crippen LogP contribution is 2.21. The summed E-state index contributed by atoms with van der Waals surface area (Å²) >= 11 is 1.08. The van der Waals surface area contributed by atoms with Crippen LogP contribution >= 0.6 is 11.8 Å². The van der Waals surface area contributed by atoms with Crippen molar-refractivity contribution in [3.05, 3.63) is 64.7 Å². The van der Waals surface area contributed by atoms with Crippen molar-refractivity contribution in [3.8, 4) is 0 Å². The summed E-state index contributed by atoms with van der Waals surface area (Å²) in [5.74, 6) is -0.930. The van der Waals surface area contributed by atoms with Gasteiger partial charge in [-0.2, -0.15) is 0 Å². The number of carbonyl (C=O) groups excluding carboxylic acids is 2. The molecule has 0 aliphatic rings. The molecule has 0 saturated carbocycles. The lowest BCUT2D eigenvalue weighted by atomic mass is 10.2. The number of carbonyl (C=O) groups is 2. The van der Waals surface area contributed by atoms with Gasteiger partial charge in [-0.1, -0.05) is 49.4 Å². The number of nitrogens with one attached hydrogen (secondary N) is 2. The Kier molecular flexibility index (Phi) is 6.68. The quantitative estimate of drug-likeness (QED) is 0.402. The number of unbranched alkanes of at least 4 members (excludes halogenated alkanes) is 1. The SMILES string of the molecule is CCCCn1c(=O)c2ccccc2n2c(SCC(=O)NC(=O)Nc3ccccc3F)nnc12. The molecule has 0 fully saturated rings. The molecule has 0 aliphatic heterocycles. The number of hydrogen-bond acceptors (Lipinski definition) is 6. The van der Waals surface area contributed by atoms with Crippen LogP contribution in [0.5, 0.6) is 0 Å². The molecule has 33 heavy (non-hydrogen) atoms. The number of nitrogens with zero attached hydrogens (tertiary/aromatic N) is 4. The van der Waals surface area contributed by atoms with Gasteiger partial charge in [0.05, 0.1) is 22.3 Å². The van der Waals surface area contributed by atoms with E-state index in [0.29, 0.717) is 28.4 Å². The number of halogens is 1. The standard InChI is InChI=1S/C22H21FN6O3S/c1-2-3-12-28-19(31)14-8-4-7-11-17(14)29-21(28)26-27-22(29)33-13-18(30)25-20(32)24-16-10-6-5-9-15(16)23/h4-11H,2-3,12-13H2,1H3,(H2,24,25,30,32). The number of para-hydroxylation sites is 2. The number of fused-ring (bicyclic) bond motifs is 3. The van der Waals surface area contributed by atoms with E-state index in [4.69, 9.17) is 0 Å². The third kappa shape index (κ3) is 4.72. The van der Waals surface area contributed by atoms with Crippen LogP contribution in [0.15, 0.2) is 58.5 Å². The van der Waals surface area contributed by atoms with Gasteiger partial charge in [-0.3, -0.25) is 23.9 Å². The van der Waals surface area contributed by atoms with Crippen molar-refractivity contribution < 1.29 is 14.0 Å². The Labute approximate surface area is 192 Å². The van der Waals surface area contributed by atoms with Crippen molar-refractivity contribution in [2.45, 2.75) is 31.5 Å². The van der Waals surface area contributed by atoms with Crippen molar-refractivity contribution in [2.75, 3.05) is 11.1 Å². The van der Waals surface area contributed by atoms with Gasteiger partial charge in [0.15, 0.2) is 5.16 Å². The van der Waals surface area contributed by atoms with Crippen molar-refractivity contribution in [2.24, 2.45) is 0 Å². The number of thioether (sulfide) groups is 1. The largest absolute Gasteiger partial charge is 0.325 e. The Balaban J connectivity index is 1.54. The lowest BCUT2D eigenvalue weighted by Gasteiger charge is -2.11. The first-order valence-corrected chi connectivity index (χ1v) is 11.3. The molecule has 2 N–H and O–H groups in total. The van der Waals surface area contributed by atoms with Crippen molar-refractivity contribution in [1.29, 1.82) is 0 Å². The van der Waals surface area contributed by atoms with E-state index in [9.17, 15) is 18.8 Å². The van der Waals surface area contributed by atoms with Gasteiger partial charge < -0.3 is 5.32 Å². The predicted octanol–water partition coefficient (Wildman–Crippen LogP) is 3.42. The fraction of sp³-hybridized carbons (Fsp3) is 0.227. The minimum atomic E-state index is -0.837. The fourth-order valence-electron chi connectivity index (χ4n) is 3.35. The zero-order valence-corrected chi connectivity index (χ0v) is 18.6. The van der Waals surface area contributed by atoms with E-state index >= 15 is 0 Å². The normalized spacial score (nSPS) is 11.1. The molecular formula is C22H21FN6O3S. The molecule has 4 aromatic rings. The average Bonchev–Trinajstić information content (AvgIpc) is 3.23. The number of urea groups is 1. The van der Waals surface area contributed by atoms with Gasteiger partial charge in [0.1, 0.15) is 5.82 Å². The van der Waals surface area contributed by atoms with Crippen molar-refractivity contribution in [3.63, 3.8) is 0 Å². The number of rotatable bonds is 7. The second-order valence-corrected chi connectivity index (χ2v) is 8.16. The number of hydrogen-bond donors (Lipinski definition) is 2. The summed E-state index contributed by atoms with van der Waals surface area (Å²) < 4.78 is 17.0. The summed E-state index contributed by atoms with van der Waals surface area (Å²) in [6.45, 7) is 2.54. The van der Waals surface area contributed by atoms with Gasteiger partial charge >= 0.3 is 6.03 Å². The lowest BCUT2D eigenvalue weighted by molar-refractivity contribution is -0.117. The topological polar surface area (TPSA) is 110 Å². The first kappa shape index (κ1) is 22.5. The third-order valence-electron chi connectivity index (χ3n) is 4.92. The molecule has 4 rings (SSSR count). The van der Waals surface area contributed by atoms with E-state index in [1.165, 1.54) is 18.2 Å². The molecule has 2 aromatic carbocycles. The molecule has 0 radical (unpaired) electrons. The number of amides is 3. The molecule has 9 nitrogen and oxygen atoms in total. The lowest BCUT2D eigenvalue weighted by Crippen LogP contribution is -2.35. The zero-order chi connectivity index (χ0) is 23.4. The van der Waals surface area contributed by atoms with Gasteiger partial charge in [0, 0.05) is 6.54 Å². The minimum Gasteiger partial charge on any atom is -0.305 e. The monoisotopic (exact) mass is 468 g/mol. The first-order chi connectivity index (χ1) is 16.0. The van der Waals surface area contributed by atoms with Crippen LogP contribution in [0, 0.1) is 5.82 Å². The Bertz CT molecular complexity index is 1400. The number of aromatic nitrogens is 4. The van der Waals surface area contributed by atoms with Crippen LogP contribution in [0.4, 0.5) is 14.9 Å². The maximum absolute atomic E-state index is 13.7. The summed E-state index contributed by atoms with van der Waals surface area (Å²) in [5, 5.41) is 13.8. The molecule has 2 heterocycles. The van der Waals surface area contributed by atoms with Crippen LogP contribution in [-0.2, 0) is 11.3 Å². The molecule has 0 atom stereocenters. The number of aryl methyl sites for hydroxylation is 1. The summed E-state index contributed by atoms with van der Waals surface area (Å²) in [6.07, 6.45) is 1.72. The molecule has 0 spiro atoms. The van der Waals surface area contributed by atoms with Crippen LogP contribution in [0.2, 0.25) is 0 Å². The molecule has 11 heteroatoms. The predicted molar refractivity (Wildman–Crippen MR) is 124 cm³/mol. The Morgan fingerprint density at radius 3 is 2.64 bits per heavy atom.